The molecule has 0 aromatic rings. The zero-order valence-electron chi connectivity index (χ0n) is 10.7. The Labute approximate surface area is 94.4 Å². The second kappa shape index (κ2) is 8.75. The zero-order chi connectivity index (χ0) is 11.7. The van der Waals surface area contributed by atoms with Gasteiger partial charge in [0, 0.05) is 0 Å². The van der Waals surface area contributed by atoms with E-state index in [1.54, 1.807) is 0 Å². The molecule has 0 spiro atoms. The summed E-state index contributed by atoms with van der Waals surface area (Å²) >= 11 is 0. The van der Waals surface area contributed by atoms with E-state index in [4.69, 9.17) is 4.74 Å². The Bertz CT molecular complexity index is 164. The van der Waals surface area contributed by atoms with Gasteiger partial charge < -0.3 is 4.74 Å². The Hall–Kier alpha value is -0.530. The van der Waals surface area contributed by atoms with Crippen molar-refractivity contribution in [2.24, 2.45) is 11.8 Å². The van der Waals surface area contributed by atoms with Crippen molar-refractivity contribution >= 4 is 5.97 Å². The molecule has 0 aliphatic heterocycles. The van der Waals surface area contributed by atoms with Crippen molar-refractivity contribution < 1.29 is 9.53 Å². The van der Waals surface area contributed by atoms with Gasteiger partial charge >= 0.3 is 5.97 Å². The maximum atomic E-state index is 11.6. The topological polar surface area (TPSA) is 26.3 Å². The van der Waals surface area contributed by atoms with Crippen molar-refractivity contribution in [3.05, 3.63) is 0 Å². The van der Waals surface area contributed by atoms with Crippen LogP contribution in [-0.4, -0.2) is 12.6 Å². The molecule has 0 radical (unpaired) electrons. The lowest BCUT2D eigenvalue weighted by atomic mass is 10.00. The lowest BCUT2D eigenvalue weighted by Gasteiger charge is -2.14. The highest BCUT2D eigenvalue weighted by atomic mass is 16.5. The van der Waals surface area contributed by atoms with Crippen molar-refractivity contribution in [3.63, 3.8) is 0 Å². The number of hydrogen-bond acceptors (Lipinski definition) is 2. The molecule has 0 rings (SSSR count). The van der Waals surface area contributed by atoms with Crippen LogP contribution in [0.1, 0.15) is 59.8 Å². The van der Waals surface area contributed by atoms with Gasteiger partial charge in [0.25, 0.3) is 0 Å². The van der Waals surface area contributed by atoms with Crippen LogP contribution in [0.15, 0.2) is 0 Å². The Morgan fingerprint density at radius 1 is 1.20 bits per heavy atom. The number of esters is 1. The molecule has 0 bridgehead atoms. The summed E-state index contributed by atoms with van der Waals surface area (Å²) in [6.45, 7) is 9.07. The maximum Gasteiger partial charge on any atom is 0.308 e. The first kappa shape index (κ1) is 14.5. The molecule has 0 N–H and O–H groups in total. The molecule has 0 aromatic heterocycles. The monoisotopic (exact) mass is 214 g/mol. The molecular formula is C13H26O2. The maximum absolute atomic E-state index is 11.6. The summed E-state index contributed by atoms with van der Waals surface area (Å²) < 4.78 is 5.26. The van der Waals surface area contributed by atoms with Crippen LogP contribution in [0.2, 0.25) is 0 Å². The van der Waals surface area contributed by atoms with Crippen LogP contribution in [0.25, 0.3) is 0 Å². The number of ether oxygens (including phenoxy) is 1. The Kier molecular flexibility index (Phi) is 8.44. The standard InChI is InChI=1S/C13H26O2/c1-5-7-8-12(6-2)13(14)15-10-9-11(3)4/h11-12H,5-10H2,1-4H3. The quantitative estimate of drug-likeness (QED) is 0.575. The van der Waals surface area contributed by atoms with E-state index in [9.17, 15) is 4.79 Å². The lowest BCUT2D eigenvalue weighted by molar-refractivity contribution is -0.149. The Morgan fingerprint density at radius 2 is 1.87 bits per heavy atom. The third-order valence-electron chi connectivity index (χ3n) is 2.67. The molecule has 0 saturated carbocycles. The molecule has 0 aliphatic carbocycles. The second-order valence-corrected chi connectivity index (χ2v) is 4.60. The molecular weight excluding hydrogens is 188 g/mol. The van der Waals surface area contributed by atoms with Crippen molar-refractivity contribution in [1.29, 1.82) is 0 Å². The van der Waals surface area contributed by atoms with Gasteiger partial charge in [-0.2, -0.15) is 0 Å². The van der Waals surface area contributed by atoms with Crippen LogP contribution in [0.3, 0.4) is 0 Å². The van der Waals surface area contributed by atoms with Crippen LogP contribution < -0.4 is 0 Å². The molecule has 15 heavy (non-hydrogen) atoms. The summed E-state index contributed by atoms with van der Waals surface area (Å²) in [6.07, 6.45) is 5.12. The van der Waals surface area contributed by atoms with Crippen molar-refractivity contribution in [3.8, 4) is 0 Å². The number of unbranched alkanes of at least 4 members (excludes halogenated alkanes) is 1. The van der Waals surface area contributed by atoms with Gasteiger partial charge in [0.1, 0.15) is 0 Å². The van der Waals surface area contributed by atoms with Crippen LogP contribution in [0.4, 0.5) is 0 Å². The van der Waals surface area contributed by atoms with Crippen molar-refractivity contribution in [2.75, 3.05) is 6.61 Å². The average Bonchev–Trinajstić information content (AvgIpc) is 2.18. The fourth-order valence-corrected chi connectivity index (χ4v) is 1.45. The predicted molar refractivity (Wildman–Crippen MR) is 63.7 cm³/mol. The molecule has 0 heterocycles. The molecule has 1 atom stereocenters. The molecule has 1 unspecified atom stereocenters. The molecule has 2 nitrogen and oxygen atoms in total. The fourth-order valence-electron chi connectivity index (χ4n) is 1.45. The third kappa shape index (κ3) is 7.40. The van der Waals surface area contributed by atoms with E-state index < -0.39 is 0 Å². The fraction of sp³-hybridized carbons (Fsp3) is 0.923. The first-order valence-electron chi connectivity index (χ1n) is 6.28. The summed E-state index contributed by atoms with van der Waals surface area (Å²) in [5, 5.41) is 0. The third-order valence-corrected chi connectivity index (χ3v) is 2.67. The van der Waals surface area contributed by atoms with Gasteiger partial charge in [-0.3, -0.25) is 4.79 Å². The minimum atomic E-state index is 0.00611. The summed E-state index contributed by atoms with van der Waals surface area (Å²) in [5.41, 5.74) is 0. The molecule has 2 heteroatoms. The SMILES string of the molecule is CCCCC(CC)C(=O)OCCC(C)C. The van der Waals surface area contributed by atoms with Crippen LogP contribution in [-0.2, 0) is 9.53 Å². The van der Waals surface area contributed by atoms with Crippen molar-refractivity contribution in [1.82, 2.24) is 0 Å². The van der Waals surface area contributed by atoms with Gasteiger partial charge in [0.05, 0.1) is 12.5 Å². The number of rotatable bonds is 8. The van der Waals surface area contributed by atoms with E-state index in [-0.39, 0.29) is 11.9 Å². The van der Waals surface area contributed by atoms with Gasteiger partial charge in [-0.15, -0.1) is 0 Å². The molecule has 0 saturated heterocycles. The van der Waals surface area contributed by atoms with E-state index in [2.05, 4.69) is 27.7 Å². The lowest BCUT2D eigenvalue weighted by Crippen LogP contribution is -2.18. The number of carbonyl (C=O) groups excluding carboxylic acids is 1. The highest BCUT2D eigenvalue weighted by Crippen LogP contribution is 2.14. The van der Waals surface area contributed by atoms with Gasteiger partial charge in [0.15, 0.2) is 0 Å². The van der Waals surface area contributed by atoms with E-state index in [0.29, 0.717) is 12.5 Å². The molecule has 0 fully saturated rings. The van der Waals surface area contributed by atoms with Gasteiger partial charge in [0.2, 0.25) is 0 Å². The van der Waals surface area contributed by atoms with Gasteiger partial charge in [-0.25, -0.2) is 0 Å². The normalized spacial score (nSPS) is 12.9. The zero-order valence-corrected chi connectivity index (χ0v) is 10.7. The van der Waals surface area contributed by atoms with Crippen molar-refractivity contribution in [2.45, 2.75) is 59.8 Å². The number of hydrogen-bond donors (Lipinski definition) is 0. The number of carbonyl (C=O) groups is 1. The molecule has 0 amide bonds. The van der Waals surface area contributed by atoms with E-state index in [1.165, 1.54) is 0 Å². The van der Waals surface area contributed by atoms with Gasteiger partial charge in [-0.05, 0) is 25.2 Å². The minimum absolute atomic E-state index is 0.00611. The smallest absolute Gasteiger partial charge is 0.308 e. The predicted octanol–water partition coefficient (Wildman–Crippen LogP) is 3.79. The molecule has 90 valence electrons. The van der Waals surface area contributed by atoms with E-state index in [0.717, 1.165) is 32.1 Å². The highest BCUT2D eigenvalue weighted by molar-refractivity contribution is 5.72. The summed E-state index contributed by atoms with van der Waals surface area (Å²) in [6, 6.07) is 0. The van der Waals surface area contributed by atoms with Gasteiger partial charge in [-0.1, -0.05) is 40.5 Å². The Morgan fingerprint density at radius 3 is 2.33 bits per heavy atom. The largest absolute Gasteiger partial charge is 0.465 e. The summed E-state index contributed by atoms with van der Waals surface area (Å²) in [4.78, 5) is 11.6. The second-order valence-electron chi connectivity index (χ2n) is 4.60. The minimum Gasteiger partial charge on any atom is -0.465 e. The van der Waals surface area contributed by atoms with Crippen LogP contribution in [0.5, 0.6) is 0 Å². The highest BCUT2D eigenvalue weighted by Gasteiger charge is 2.16. The van der Waals surface area contributed by atoms with Crippen LogP contribution >= 0.6 is 0 Å². The molecule has 0 aliphatic rings. The summed E-state index contributed by atoms with van der Waals surface area (Å²) in [7, 11) is 0. The first-order valence-corrected chi connectivity index (χ1v) is 6.28. The Balaban J connectivity index is 3.73. The van der Waals surface area contributed by atoms with Crippen LogP contribution in [0, 0.1) is 11.8 Å². The van der Waals surface area contributed by atoms with E-state index in [1.807, 2.05) is 0 Å². The summed E-state index contributed by atoms with van der Waals surface area (Å²) in [5.74, 6) is 0.734. The first-order chi connectivity index (χ1) is 7.11. The molecule has 0 aromatic carbocycles. The average molecular weight is 214 g/mol. The van der Waals surface area contributed by atoms with E-state index >= 15 is 0 Å².